The van der Waals surface area contributed by atoms with Crippen molar-refractivity contribution >= 4 is 11.7 Å². The molecular weight excluding hydrogens is 238 g/mol. The summed E-state index contributed by atoms with van der Waals surface area (Å²) in [6.45, 7) is 1.31. The maximum atomic E-state index is 11.6. The van der Waals surface area contributed by atoms with Gasteiger partial charge in [0.2, 0.25) is 6.29 Å². The van der Waals surface area contributed by atoms with Crippen molar-refractivity contribution in [2.24, 2.45) is 5.16 Å². The van der Waals surface area contributed by atoms with Crippen LogP contribution in [0.25, 0.3) is 0 Å². The van der Waals surface area contributed by atoms with Crippen molar-refractivity contribution in [1.29, 1.82) is 0 Å². The van der Waals surface area contributed by atoms with E-state index in [1.807, 2.05) is 0 Å². The monoisotopic (exact) mass is 257 g/mol. The van der Waals surface area contributed by atoms with Crippen LogP contribution in [0.2, 0.25) is 0 Å². The molecule has 2 aliphatic heterocycles. The summed E-state index contributed by atoms with van der Waals surface area (Å²) in [4.78, 5) is 16.9. The molecule has 2 fully saturated rings. The fourth-order valence-electron chi connectivity index (χ4n) is 2.04. The lowest BCUT2D eigenvalue weighted by atomic mass is 10.1. The van der Waals surface area contributed by atoms with Crippen LogP contribution in [-0.2, 0) is 23.8 Å². The quantitative estimate of drug-likeness (QED) is 0.430. The second-order valence-corrected chi connectivity index (χ2v) is 4.37. The van der Waals surface area contributed by atoms with Crippen molar-refractivity contribution in [3.05, 3.63) is 0 Å². The van der Waals surface area contributed by atoms with Crippen LogP contribution >= 0.6 is 0 Å². The van der Waals surface area contributed by atoms with Crippen molar-refractivity contribution in [1.82, 2.24) is 0 Å². The number of nitrogens with zero attached hydrogens (tertiary/aromatic N) is 1. The summed E-state index contributed by atoms with van der Waals surface area (Å²) in [5, 5.41) is 3.89. The number of carbonyl (C=O) groups is 1. The summed E-state index contributed by atoms with van der Waals surface area (Å²) in [6, 6.07) is 0. The zero-order valence-electron chi connectivity index (χ0n) is 10.6. The Labute approximate surface area is 106 Å². The fourth-order valence-corrected chi connectivity index (χ4v) is 2.04. The molecule has 0 amide bonds. The van der Waals surface area contributed by atoms with Crippen molar-refractivity contribution in [3.63, 3.8) is 0 Å². The molecule has 0 radical (unpaired) electrons. The topological polar surface area (TPSA) is 66.4 Å². The van der Waals surface area contributed by atoms with Gasteiger partial charge in [0.15, 0.2) is 5.71 Å². The molecule has 6 heteroatoms. The Hall–Kier alpha value is -1.14. The van der Waals surface area contributed by atoms with Crippen LogP contribution in [0.4, 0.5) is 0 Å². The summed E-state index contributed by atoms with van der Waals surface area (Å²) in [7, 11) is 1.32. The van der Waals surface area contributed by atoms with Gasteiger partial charge in [-0.2, -0.15) is 0 Å². The molecule has 0 spiro atoms. The summed E-state index contributed by atoms with van der Waals surface area (Å²) in [5.41, 5.74) is 0.198. The smallest absolute Gasteiger partial charge is 0.358 e. The van der Waals surface area contributed by atoms with Gasteiger partial charge < -0.3 is 19.0 Å². The summed E-state index contributed by atoms with van der Waals surface area (Å²) < 4.78 is 15.5. The second kappa shape index (κ2) is 6.70. The number of carbonyl (C=O) groups excluding carboxylic acids is 1. The van der Waals surface area contributed by atoms with E-state index in [1.54, 1.807) is 0 Å². The minimum Gasteiger partial charge on any atom is -0.464 e. The van der Waals surface area contributed by atoms with Gasteiger partial charge in [-0.15, -0.1) is 0 Å². The zero-order valence-corrected chi connectivity index (χ0v) is 10.6. The highest BCUT2D eigenvalue weighted by Gasteiger charge is 2.29. The molecular formula is C12H19NO5. The van der Waals surface area contributed by atoms with E-state index >= 15 is 0 Å². The number of oxime groups is 1. The Bertz CT molecular complexity index is 306. The molecule has 102 valence electrons. The molecule has 0 aromatic carbocycles. The van der Waals surface area contributed by atoms with E-state index in [1.165, 1.54) is 7.11 Å². The highest BCUT2D eigenvalue weighted by molar-refractivity contribution is 6.38. The van der Waals surface area contributed by atoms with Gasteiger partial charge in [0, 0.05) is 13.0 Å². The number of hydrogen-bond donors (Lipinski definition) is 0. The number of esters is 1. The first-order valence-corrected chi connectivity index (χ1v) is 6.36. The van der Waals surface area contributed by atoms with Gasteiger partial charge in [-0.25, -0.2) is 4.79 Å². The Kier molecular flexibility index (Phi) is 4.95. The third-order valence-corrected chi connectivity index (χ3v) is 3.04. The third-order valence-electron chi connectivity index (χ3n) is 3.04. The molecule has 18 heavy (non-hydrogen) atoms. The van der Waals surface area contributed by atoms with E-state index in [0.717, 1.165) is 32.1 Å². The van der Waals surface area contributed by atoms with Crippen LogP contribution in [0.15, 0.2) is 5.16 Å². The molecule has 0 aliphatic carbocycles. The standard InChI is InChI=1S/C12H19NO5/c1-15-12(14)11(9-5-4-8-16-9)13-18-10-6-2-3-7-17-10/h9-10H,2-8H2,1H3/b13-11+. The van der Waals surface area contributed by atoms with E-state index in [9.17, 15) is 4.79 Å². The second-order valence-electron chi connectivity index (χ2n) is 4.37. The minimum atomic E-state index is -0.502. The van der Waals surface area contributed by atoms with Crippen LogP contribution in [-0.4, -0.2) is 44.4 Å². The van der Waals surface area contributed by atoms with Crippen molar-refractivity contribution < 1.29 is 23.8 Å². The average Bonchev–Trinajstić information content (AvgIpc) is 2.94. The zero-order chi connectivity index (χ0) is 12.8. The SMILES string of the molecule is COC(=O)/C(=N/OC1CCCCO1)C1CCCO1. The van der Waals surface area contributed by atoms with E-state index in [2.05, 4.69) is 5.16 Å². The van der Waals surface area contributed by atoms with Gasteiger partial charge in [-0.05, 0) is 25.7 Å². The molecule has 2 atom stereocenters. The molecule has 2 heterocycles. The Morgan fingerprint density at radius 3 is 2.61 bits per heavy atom. The largest absolute Gasteiger partial charge is 0.464 e. The first-order chi connectivity index (χ1) is 8.81. The van der Waals surface area contributed by atoms with Crippen LogP contribution in [0.5, 0.6) is 0 Å². The van der Waals surface area contributed by atoms with Crippen LogP contribution in [0.1, 0.15) is 32.1 Å². The summed E-state index contributed by atoms with van der Waals surface area (Å²) in [6.07, 6.45) is 3.89. The molecule has 0 aromatic heterocycles. The Balaban J connectivity index is 1.95. The third kappa shape index (κ3) is 3.43. The molecule has 2 aliphatic rings. The molecule has 0 saturated carbocycles. The van der Waals surface area contributed by atoms with Gasteiger partial charge in [0.25, 0.3) is 0 Å². The average molecular weight is 257 g/mol. The highest BCUT2D eigenvalue weighted by atomic mass is 16.8. The highest BCUT2D eigenvalue weighted by Crippen LogP contribution is 2.17. The molecule has 2 rings (SSSR count). The maximum absolute atomic E-state index is 11.6. The lowest BCUT2D eigenvalue weighted by molar-refractivity contribution is -0.163. The fraction of sp³-hybridized carbons (Fsp3) is 0.833. The van der Waals surface area contributed by atoms with Gasteiger partial charge in [0.1, 0.15) is 6.10 Å². The van der Waals surface area contributed by atoms with Crippen molar-refractivity contribution in [3.8, 4) is 0 Å². The minimum absolute atomic E-state index is 0.198. The number of hydrogen-bond acceptors (Lipinski definition) is 6. The lowest BCUT2D eigenvalue weighted by Crippen LogP contribution is -2.31. The lowest BCUT2D eigenvalue weighted by Gasteiger charge is -2.21. The van der Waals surface area contributed by atoms with Gasteiger partial charge in [0.05, 0.1) is 13.7 Å². The molecule has 0 aromatic rings. The Morgan fingerprint density at radius 2 is 2.00 bits per heavy atom. The van der Waals surface area contributed by atoms with Crippen LogP contribution < -0.4 is 0 Å². The maximum Gasteiger partial charge on any atom is 0.358 e. The molecule has 0 bridgehead atoms. The van der Waals surface area contributed by atoms with Crippen molar-refractivity contribution in [2.45, 2.75) is 44.5 Å². The molecule has 2 saturated heterocycles. The van der Waals surface area contributed by atoms with Crippen LogP contribution in [0.3, 0.4) is 0 Å². The van der Waals surface area contributed by atoms with E-state index < -0.39 is 5.97 Å². The Morgan fingerprint density at radius 1 is 1.17 bits per heavy atom. The van der Waals surface area contributed by atoms with Gasteiger partial charge >= 0.3 is 5.97 Å². The number of methoxy groups -OCH3 is 1. The molecule has 2 unspecified atom stereocenters. The predicted molar refractivity (Wildman–Crippen MR) is 63.1 cm³/mol. The summed E-state index contributed by atoms with van der Waals surface area (Å²) in [5.74, 6) is -0.502. The van der Waals surface area contributed by atoms with E-state index in [4.69, 9.17) is 19.0 Å². The molecule has 6 nitrogen and oxygen atoms in total. The van der Waals surface area contributed by atoms with E-state index in [0.29, 0.717) is 13.2 Å². The first-order valence-electron chi connectivity index (χ1n) is 6.36. The number of rotatable bonds is 4. The molecule has 0 N–H and O–H groups in total. The predicted octanol–water partition coefficient (Wildman–Crippen LogP) is 1.24. The van der Waals surface area contributed by atoms with Gasteiger partial charge in [-0.1, -0.05) is 5.16 Å². The van der Waals surface area contributed by atoms with E-state index in [-0.39, 0.29) is 18.1 Å². The first kappa shape index (κ1) is 13.3. The normalized spacial score (nSPS) is 29.1. The van der Waals surface area contributed by atoms with Crippen LogP contribution in [0, 0.1) is 0 Å². The number of ether oxygens (including phenoxy) is 3. The summed E-state index contributed by atoms with van der Waals surface area (Å²) >= 11 is 0. The van der Waals surface area contributed by atoms with Crippen molar-refractivity contribution in [2.75, 3.05) is 20.3 Å². The van der Waals surface area contributed by atoms with Gasteiger partial charge in [-0.3, -0.25) is 0 Å².